The number of allylic oxidation sites excluding steroid dienone is 1. The highest BCUT2D eigenvalue weighted by Gasteiger charge is 1.92. The van der Waals surface area contributed by atoms with Gasteiger partial charge >= 0.3 is 0 Å². The van der Waals surface area contributed by atoms with Crippen molar-refractivity contribution < 1.29 is 21.5 Å². The van der Waals surface area contributed by atoms with Crippen molar-refractivity contribution in [3.63, 3.8) is 0 Å². The third kappa shape index (κ3) is 3.72. The molecule has 68 valence electrons. The van der Waals surface area contributed by atoms with Crippen molar-refractivity contribution in [2.75, 3.05) is 0 Å². The fourth-order valence-corrected chi connectivity index (χ4v) is 0.921. The summed E-state index contributed by atoms with van der Waals surface area (Å²) in [6.07, 6.45) is 12.7. The summed E-state index contributed by atoms with van der Waals surface area (Å²) < 4.78 is 4.08. The van der Waals surface area contributed by atoms with E-state index in [1.165, 1.54) is 6.42 Å². The lowest BCUT2D eigenvalue weighted by atomic mass is 10.3. The normalized spacial score (nSPS) is 10.2. The van der Waals surface area contributed by atoms with Crippen LogP contribution in [0.25, 0.3) is 6.20 Å². The molecule has 12 heavy (non-hydrogen) atoms. The summed E-state index contributed by atoms with van der Waals surface area (Å²) in [5, 5.41) is 0. The van der Waals surface area contributed by atoms with E-state index in [1.54, 1.807) is 0 Å². The molecule has 0 aliphatic rings. The lowest BCUT2D eigenvalue weighted by Crippen LogP contribution is -3.00. The van der Waals surface area contributed by atoms with Crippen molar-refractivity contribution in [3.05, 3.63) is 24.8 Å². The fraction of sp³-hybridized carbons (Fsp3) is 0.444. The molecule has 0 saturated carbocycles. The summed E-state index contributed by atoms with van der Waals surface area (Å²) in [4.78, 5) is 0. The Morgan fingerprint density at radius 1 is 1.50 bits per heavy atom. The molecule has 2 nitrogen and oxygen atoms in total. The zero-order valence-corrected chi connectivity index (χ0v) is 9.16. The maximum Gasteiger partial charge on any atom is 0.248 e. The molecule has 0 bridgehead atoms. The Hall–Kier alpha value is -0.570. The number of aryl methyl sites for hydroxylation is 1. The first-order valence-corrected chi connectivity index (χ1v) is 4.02. The Labute approximate surface area is 84.3 Å². The fourth-order valence-electron chi connectivity index (χ4n) is 0.921. The molecule has 0 amide bonds. The summed E-state index contributed by atoms with van der Waals surface area (Å²) in [6.45, 7) is 2.18. The van der Waals surface area contributed by atoms with Crippen LogP contribution >= 0.6 is 0 Å². The largest absolute Gasteiger partial charge is 1.00 e. The molecule has 0 aromatic carbocycles. The van der Waals surface area contributed by atoms with Crippen molar-refractivity contribution >= 4 is 6.20 Å². The second-order valence-corrected chi connectivity index (χ2v) is 2.70. The molecule has 0 fully saturated rings. The molecule has 0 saturated heterocycles. The maximum atomic E-state index is 2.18. The summed E-state index contributed by atoms with van der Waals surface area (Å²) >= 11 is 0. The van der Waals surface area contributed by atoms with Crippen LogP contribution in [0, 0.1) is 0 Å². The van der Waals surface area contributed by atoms with Gasteiger partial charge in [0.25, 0.3) is 0 Å². The van der Waals surface area contributed by atoms with Crippen LogP contribution in [0.2, 0.25) is 0 Å². The van der Waals surface area contributed by atoms with Crippen LogP contribution in [0.4, 0.5) is 0 Å². The van der Waals surface area contributed by atoms with Crippen molar-refractivity contribution in [1.29, 1.82) is 0 Å². The zero-order chi connectivity index (χ0) is 8.10. The zero-order valence-electron chi connectivity index (χ0n) is 7.57. The average molecular weight is 231 g/mol. The maximum absolute atomic E-state index is 2.18. The quantitative estimate of drug-likeness (QED) is 0.565. The van der Waals surface area contributed by atoms with Crippen molar-refractivity contribution in [2.45, 2.75) is 19.8 Å². The minimum absolute atomic E-state index is 0. The highest BCUT2D eigenvalue weighted by atomic mass is 79.9. The van der Waals surface area contributed by atoms with Gasteiger partial charge < -0.3 is 17.0 Å². The molecule has 0 spiro atoms. The summed E-state index contributed by atoms with van der Waals surface area (Å²) in [5.41, 5.74) is 0. The van der Waals surface area contributed by atoms with Crippen LogP contribution in [-0.4, -0.2) is 4.57 Å². The molecule has 0 atom stereocenters. The van der Waals surface area contributed by atoms with Gasteiger partial charge in [-0.2, -0.15) is 0 Å². The van der Waals surface area contributed by atoms with E-state index in [0.29, 0.717) is 0 Å². The van der Waals surface area contributed by atoms with E-state index >= 15 is 0 Å². The first kappa shape index (κ1) is 11.4. The Morgan fingerprint density at radius 2 is 2.25 bits per heavy atom. The van der Waals surface area contributed by atoms with Gasteiger partial charge in [-0.05, 0) is 12.5 Å². The van der Waals surface area contributed by atoms with Crippen LogP contribution < -0.4 is 21.5 Å². The molecule has 1 heterocycles. The molecule has 1 aromatic heterocycles. The van der Waals surface area contributed by atoms with E-state index in [0.717, 1.165) is 6.42 Å². The van der Waals surface area contributed by atoms with Gasteiger partial charge in [-0.25, -0.2) is 9.13 Å². The van der Waals surface area contributed by atoms with Gasteiger partial charge in [0.2, 0.25) is 6.33 Å². The molecule has 1 rings (SSSR count). The second kappa shape index (κ2) is 6.00. The number of rotatable bonds is 3. The van der Waals surface area contributed by atoms with Gasteiger partial charge in [-0.15, -0.1) is 0 Å². The SMILES string of the molecule is CCCC=Cn1cc[n+](C)c1.[Br-]. The van der Waals surface area contributed by atoms with Crippen LogP contribution in [-0.2, 0) is 7.05 Å². The molecular weight excluding hydrogens is 216 g/mol. The van der Waals surface area contributed by atoms with Crippen LogP contribution in [0.15, 0.2) is 24.8 Å². The van der Waals surface area contributed by atoms with Gasteiger partial charge in [0.1, 0.15) is 12.4 Å². The molecule has 0 radical (unpaired) electrons. The lowest BCUT2D eigenvalue weighted by Gasteiger charge is -1.82. The topological polar surface area (TPSA) is 8.81 Å². The summed E-state index contributed by atoms with van der Waals surface area (Å²) in [6, 6.07) is 0. The van der Waals surface area contributed by atoms with Gasteiger partial charge in [0.15, 0.2) is 0 Å². The molecule has 0 unspecified atom stereocenters. The van der Waals surface area contributed by atoms with E-state index in [4.69, 9.17) is 0 Å². The number of nitrogens with zero attached hydrogens (tertiary/aromatic N) is 2. The molecule has 0 aliphatic carbocycles. The molecular formula is C9H15BrN2. The number of hydrogen-bond acceptors (Lipinski definition) is 0. The number of aromatic nitrogens is 2. The summed E-state index contributed by atoms with van der Waals surface area (Å²) in [7, 11) is 2.02. The lowest BCUT2D eigenvalue weighted by molar-refractivity contribution is -0.670. The highest BCUT2D eigenvalue weighted by Crippen LogP contribution is 1.91. The average Bonchev–Trinajstić information content (AvgIpc) is 2.37. The molecule has 0 N–H and O–H groups in total. The van der Waals surface area contributed by atoms with Crippen LogP contribution in [0.3, 0.4) is 0 Å². The van der Waals surface area contributed by atoms with Gasteiger partial charge in [0, 0.05) is 0 Å². The number of unbranched alkanes of at least 4 members (excludes halogenated alkanes) is 1. The Kier molecular flexibility index (Phi) is 5.72. The molecule has 3 heteroatoms. The van der Waals surface area contributed by atoms with E-state index in [1.807, 2.05) is 30.3 Å². The van der Waals surface area contributed by atoms with E-state index in [-0.39, 0.29) is 17.0 Å². The van der Waals surface area contributed by atoms with Crippen LogP contribution in [0.1, 0.15) is 19.8 Å². The van der Waals surface area contributed by atoms with Crippen molar-refractivity contribution in [2.24, 2.45) is 7.05 Å². The minimum Gasteiger partial charge on any atom is -1.00 e. The highest BCUT2D eigenvalue weighted by molar-refractivity contribution is 5.19. The van der Waals surface area contributed by atoms with E-state index in [9.17, 15) is 0 Å². The van der Waals surface area contributed by atoms with E-state index in [2.05, 4.69) is 23.8 Å². The van der Waals surface area contributed by atoms with Gasteiger partial charge in [-0.3, -0.25) is 0 Å². The smallest absolute Gasteiger partial charge is 0.248 e. The third-order valence-electron chi connectivity index (χ3n) is 1.52. The molecule has 0 aliphatic heterocycles. The van der Waals surface area contributed by atoms with E-state index < -0.39 is 0 Å². The third-order valence-corrected chi connectivity index (χ3v) is 1.52. The monoisotopic (exact) mass is 230 g/mol. The van der Waals surface area contributed by atoms with Crippen LogP contribution in [0.5, 0.6) is 0 Å². The minimum atomic E-state index is 0. The standard InChI is InChI=1S/C9H15N2.BrH/c1-3-4-5-6-11-8-7-10(2)9-11;/h5-9H,3-4H2,1-2H3;1H/q+1;/p-1. The first-order chi connectivity index (χ1) is 5.33. The number of imidazole rings is 1. The Bertz CT molecular complexity index is 240. The predicted molar refractivity (Wildman–Crippen MR) is 45.8 cm³/mol. The Morgan fingerprint density at radius 3 is 2.75 bits per heavy atom. The van der Waals surface area contributed by atoms with Gasteiger partial charge in [-0.1, -0.05) is 13.3 Å². The van der Waals surface area contributed by atoms with Crippen molar-refractivity contribution in [1.82, 2.24) is 4.57 Å². The van der Waals surface area contributed by atoms with Gasteiger partial charge in [0.05, 0.1) is 13.2 Å². The predicted octanol–water partition coefficient (Wildman–Crippen LogP) is -1.41. The molecule has 1 aromatic rings. The Balaban J connectivity index is 0.00000121. The second-order valence-electron chi connectivity index (χ2n) is 2.70. The van der Waals surface area contributed by atoms with Crippen molar-refractivity contribution in [3.8, 4) is 0 Å². The summed E-state index contributed by atoms with van der Waals surface area (Å²) in [5.74, 6) is 0. The number of hydrogen-bond donors (Lipinski definition) is 0. The number of halogens is 1. The first-order valence-electron chi connectivity index (χ1n) is 4.02.